The van der Waals surface area contributed by atoms with Gasteiger partial charge in [0, 0.05) is 12.1 Å². The fourth-order valence-corrected chi connectivity index (χ4v) is 2.77. The Bertz CT molecular complexity index is 580. The molecule has 1 aromatic heterocycles. The molecule has 0 aliphatic heterocycles. The van der Waals surface area contributed by atoms with E-state index in [-0.39, 0.29) is 17.3 Å². The molecule has 1 saturated carbocycles. The zero-order valence-corrected chi connectivity index (χ0v) is 10.4. The fourth-order valence-electron chi connectivity index (χ4n) is 2.77. The van der Waals surface area contributed by atoms with Gasteiger partial charge in [0.1, 0.15) is 11.3 Å². The molecule has 2 atom stereocenters. The highest BCUT2D eigenvalue weighted by Gasteiger charge is 2.40. The molecular formula is C14H17FN2O. The Hall–Kier alpha value is -1.42. The average molecular weight is 248 g/mol. The third kappa shape index (κ3) is 1.72. The van der Waals surface area contributed by atoms with E-state index in [4.69, 9.17) is 10.2 Å². The molecule has 0 bridgehead atoms. The normalized spacial score (nSPS) is 28.7. The summed E-state index contributed by atoms with van der Waals surface area (Å²) in [5.41, 5.74) is 7.20. The van der Waals surface area contributed by atoms with E-state index in [1.165, 1.54) is 12.1 Å². The Morgan fingerprint density at radius 3 is 3.06 bits per heavy atom. The van der Waals surface area contributed by atoms with Crippen LogP contribution in [0.1, 0.15) is 38.5 Å². The van der Waals surface area contributed by atoms with Crippen LogP contribution in [0.2, 0.25) is 0 Å². The molecule has 18 heavy (non-hydrogen) atoms. The van der Waals surface area contributed by atoms with Crippen molar-refractivity contribution in [2.24, 2.45) is 5.73 Å². The van der Waals surface area contributed by atoms with E-state index in [0.29, 0.717) is 17.0 Å². The van der Waals surface area contributed by atoms with E-state index in [9.17, 15) is 4.39 Å². The molecule has 3 rings (SSSR count). The first kappa shape index (κ1) is 11.7. The van der Waals surface area contributed by atoms with Crippen molar-refractivity contribution in [2.75, 3.05) is 0 Å². The second-order valence-electron chi connectivity index (χ2n) is 5.40. The minimum atomic E-state index is -0.303. The second kappa shape index (κ2) is 4.05. The minimum absolute atomic E-state index is 0.0594. The van der Waals surface area contributed by atoms with Crippen LogP contribution in [0.25, 0.3) is 11.1 Å². The number of hydrogen-bond donors (Lipinski definition) is 1. The van der Waals surface area contributed by atoms with Gasteiger partial charge in [0.15, 0.2) is 5.58 Å². The number of hydrogen-bond acceptors (Lipinski definition) is 3. The quantitative estimate of drug-likeness (QED) is 0.843. The van der Waals surface area contributed by atoms with Crippen molar-refractivity contribution in [2.45, 2.75) is 44.1 Å². The summed E-state index contributed by atoms with van der Waals surface area (Å²) in [5.74, 6) is 0.346. The maximum absolute atomic E-state index is 13.1. The van der Waals surface area contributed by atoms with Crippen molar-refractivity contribution in [3.05, 3.63) is 29.9 Å². The lowest BCUT2D eigenvalue weighted by molar-refractivity contribution is 0.226. The van der Waals surface area contributed by atoms with E-state index in [1.54, 1.807) is 6.07 Å². The largest absolute Gasteiger partial charge is 0.440 e. The SMILES string of the molecule is CC1(c2nc3ccc(F)cc3o2)CCCCC1N. The number of nitrogens with zero attached hydrogens (tertiary/aromatic N) is 1. The van der Waals surface area contributed by atoms with Crippen molar-refractivity contribution >= 4 is 11.1 Å². The summed E-state index contributed by atoms with van der Waals surface area (Å²) in [7, 11) is 0. The molecule has 1 aromatic carbocycles. The first-order valence-electron chi connectivity index (χ1n) is 6.42. The molecule has 0 radical (unpaired) electrons. The van der Waals surface area contributed by atoms with Gasteiger partial charge in [-0.15, -0.1) is 0 Å². The number of fused-ring (bicyclic) bond motifs is 1. The third-order valence-corrected chi connectivity index (χ3v) is 4.12. The van der Waals surface area contributed by atoms with E-state index in [2.05, 4.69) is 11.9 Å². The topological polar surface area (TPSA) is 52.0 Å². The Balaban J connectivity index is 2.07. The Labute approximate surface area is 105 Å². The maximum atomic E-state index is 13.1. The van der Waals surface area contributed by atoms with E-state index in [1.807, 2.05) is 0 Å². The van der Waals surface area contributed by atoms with Crippen molar-refractivity contribution in [3.8, 4) is 0 Å². The van der Waals surface area contributed by atoms with E-state index < -0.39 is 0 Å². The number of rotatable bonds is 1. The van der Waals surface area contributed by atoms with Gasteiger partial charge < -0.3 is 10.2 Å². The number of oxazole rings is 1. The van der Waals surface area contributed by atoms with Crippen LogP contribution in [0.5, 0.6) is 0 Å². The summed E-state index contributed by atoms with van der Waals surface area (Å²) in [6, 6.07) is 4.49. The van der Waals surface area contributed by atoms with Crippen LogP contribution in [-0.2, 0) is 5.41 Å². The van der Waals surface area contributed by atoms with Crippen LogP contribution in [0.15, 0.2) is 22.6 Å². The van der Waals surface area contributed by atoms with E-state index >= 15 is 0 Å². The number of benzene rings is 1. The third-order valence-electron chi connectivity index (χ3n) is 4.12. The number of aromatic nitrogens is 1. The Kier molecular flexibility index (Phi) is 2.63. The molecule has 1 aliphatic rings. The zero-order chi connectivity index (χ0) is 12.8. The van der Waals surface area contributed by atoms with Crippen LogP contribution in [-0.4, -0.2) is 11.0 Å². The molecule has 1 aliphatic carbocycles. The van der Waals surface area contributed by atoms with Crippen molar-refractivity contribution < 1.29 is 8.81 Å². The molecule has 1 fully saturated rings. The molecule has 4 heteroatoms. The molecule has 0 spiro atoms. The van der Waals surface area contributed by atoms with Gasteiger partial charge in [-0.1, -0.05) is 12.8 Å². The lowest BCUT2D eigenvalue weighted by Gasteiger charge is -2.36. The molecule has 2 N–H and O–H groups in total. The van der Waals surface area contributed by atoms with Crippen LogP contribution in [0.3, 0.4) is 0 Å². The van der Waals surface area contributed by atoms with Crippen LogP contribution in [0.4, 0.5) is 4.39 Å². The highest BCUT2D eigenvalue weighted by molar-refractivity contribution is 5.72. The highest BCUT2D eigenvalue weighted by Crippen LogP contribution is 2.38. The first-order valence-corrected chi connectivity index (χ1v) is 6.42. The summed E-state index contributed by atoms with van der Waals surface area (Å²) in [6.07, 6.45) is 4.26. The van der Waals surface area contributed by atoms with Crippen molar-refractivity contribution in [1.29, 1.82) is 0 Å². The van der Waals surface area contributed by atoms with Gasteiger partial charge in [0.05, 0.1) is 5.41 Å². The van der Waals surface area contributed by atoms with Crippen molar-refractivity contribution in [3.63, 3.8) is 0 Å². The summed E-state index contributed by atoms with van der Waals surface area (Å²) in [4.78, 5) is 4.49. The van der Waals surface area contributed by atoms with Gasteiger partial charge in [0.25, 0.3) is 0 Å². The average Bonchev–Trinajstić information content (AvgIpc) is 2.76. The molecular weight excluding hydrogens is 231 g/mol. The lowest BCUT2D eigenvalue weighted by atomic mass is 9.72. The lowest BCUT2D eigenvalue weighted by Crippen LogP contribution is -2.45. The van der Waals surface area contributed by atoms with Gasteiger partial charge in [-0.2, -0.15) is 0 Å². The summed E-state index contributed by atoms with van der Waals surface area (Å²) in [5, 5.41) is 0. The van der Waals surface area contributed by atoms with Gasteiger partial charge in [-0.05, 0) is 31.9 Å². The molecule has 0 amide bonds. The zero-order valence-electron chi connectivity index (χ0n) is 10.4. The summed E-state index contributed by atoms with van der Waals surface area (Å²) >= 11 is 0. The van der Waals surface area contributed by atoms with Gasteiger partial charge in [-0.25, -0.2) is 9.37 Å². The number of halogens is 1. The van der Waals surface area contributed by atoms with Crippen LogP contribution in [0, 0.1) is 5.82 Å². The standard InChI is InChI=1S/C14H17FN2O/c1-14(7-3-2-4-12(14)16)13-17-10-6-5-9(15)8-11(10)18-13/h5-6,8,12H,2-4,7,16H2,1H3. The molecule has 2 unspecified atom stereocenters. The van der Waals surface area contributed by atoms with Crippen LogP contribution < -0.4 is 5.73 Å². The maximum Gasteiger partial charge on any atom is 0.202 e. The predicted molar refractivity (Wildman–Crippen MR) is 67.8 cm³/mol. The number of nitrogens with two attached hydrogens (primary N) is 1. The highest BCUT2D eigenvalue weighted by atomic mass is 19.1. The molecule has 2 aromatic rings. The fraction of sp³-hybridized carbons (Fsp3) is 0.500. The molecule has 0 saturated heterocycles. The Morgan fingerprint density at radius 2 is 2.28 bits per heavy atom. The monoisotopic (exact) mass is 248 g/mol. The van der Waals surface area contributed by atoms with Gasteiger partial charge in [-0.3, -0.25) is 0 Å². The predicted octanol–water partition coefficient (Wildman–Crippen LogP) is 3.13. The second-order valence-corrected chi connectivity index (χ2v) is 5.40. The molecule has 3 nitrogen and oxygen atoms in total. The smallest absolute Gasteiger partial charge is 0.202 e. The van der Waals surface area contributed by atoms with Crippen molar-refractivity contribution in [1.82, 2.24) is 4.98 Å². The Morgan fingerprint density at radius 1 is 1.44 bits per heavy atom. The summed E-state index contributed by atoms with van der Waals surface area (Å²) in [6.45, 7) is 2.10. The first-order chi connectivity index (χ1) is 8.59. The molecule has 96 valence electrons. The van der Waals surface area contributed by atoms with Gasteiger partial charge >= 0.3 is 0 Å². The van der Waals surface area contributed by atoms with Crippen LogP contribution >= 0.6 is 0 Å². The van der Waals surface area contributed by atoms with Gasteiger partial charge in [0.2, 0.25) is 5.89 Å². The minimum Gasteiger partial charge on any atom is -0.440 e. The molecule has 1 heterocycles. The van der Waals surface area contributed by atoms with E-state index in [0.717, 1.165) is 25.7 Å². The summed E-state index contributed by atoms with van der Waals surface area (Å²) < 4.78 is 18.9.